The molecule has 3 aromatic carbocycles. The molecule has 0 N–H and O–H groups in total. The van der Waals surface area contributed by atoms with Gasteiger partial charge in [0.25, 0.3) is 0 Å². The van der Waals surface area contributed by atoms with Gasteiger partial charge in [-0.05, 0) is 84.8 Å². The maximum Gasteiger partial charge on any atom is 0.339 e. The van der Waals surface area contributed by atoms with Crippen LogP contribution >= 0.6 is 0 Å². The molecule has 238 valence electrons. The Labute approximate surface area is 268 Å². The number of esters is 4. The highest BCUT2D eigenvalue weighted by atomic mass is 16.6. The number of hydrogen-bond donors (Lipinski definition) is 0. The summed E-state index contributed by atoms with van der Waals surface area (Å²) >= 11 is 0. The molecule has 0 bridgehead atoms. The predicted octanol–water partition coefficient (Wildman–Crippen LogP) is 6.81. The van der Waals surface area contributed by atoms with E-state index in [-0.39, 0.29) is 31.3 Å². The van der Waals surface area contributed by atoms with Crippen molar-refractivity contribution in [3.8, 4) is 28.4 Å². The molecule has 0 unspecified atom stereocenters. The summed E-state index contributed by atoms with van der Waals surface area (Å²) in [6.45, 7) is 7.29. The van der Waals surface area contributed by atoms with Gasteiger partial charge in [0.15, 0.2) is 0 Å². The van der Waals surface area contributed by atoms with Crippen LogP contribution in [0.4, 0.5) is 0 Å². The van der Waals surface area contributed by atoms with Crippen LogP contribution in [-0.4, -0.2) is 43.2 Å². The van der Waals surface area contributed by atoms with Crippen molar-refractivity contribution in [3.63, 3.8) is 0 Å². The molecular weight excluding hydrogens is 588 g/mol. The number of carbonyl (C=O) groups is 4. The molecule has 1 saturated carbocycles. The summed E-state index contributed by atoms with van der Waals surface area (Å²) in [5, 5.41) is 0. The Morgan fingerprint density at radius 2 is 1.30 bits per heavy atom. The van der Waals surface area contributed by atoms with Crippen LogP contribution in [0.5, 0.6) is 17.2 Å². The third-order valence-electron chi connectivity index (χ3n) is 7.02. The summed E-state index contributed by atoms with van der Waals surface area (Å²) < 4.78 is 26.5. The van der Waals surface area contributed by atoms with Crippen molar-refractivity contribution in [1.29, 1.82) is 0 Å². The molecule has 0 atom stereocenters. The minimum Gasteiger partial charge on any atom is -0.490 e. The quantitative estimate of drug-likeness (QED) is 0.0826. The molecular formula is C37H36O9. The van der Waals surface area contributed by atoms with Crippen LogP contribution in [0.2, 0.25) is 0 Å². The Balaban J connectivity index is 1.20. The molecule has 46 heavy (non-hydrogen) atoms. The lowest BCUT2D eigenvalue weighted by atomic mass is 9.98. The molecule has 9 nitrogen and oxygen atoms in total. The maximum atomic E-state index is 12.4. The van der Waals surface area contributed by atoms with E-state index in [1.807, 2.05) is 36.4 Å². The zero-order chi connectivity index (χ0) is 32.7. The molecule has 1 fully saturated rings. The minimum absolute atomic E-state index is 0.0438. The fraction of sp³-hybridized carbons (Fsp3) is 0.243. The van der Waals surface area contributed by atoms with E-state index in [9.17, 15) is 19.2 Å². The lowest BCUT2D eigenvalue weighted by molar-refractivity contribution is -0.150. The molecule has 9 heteroatoms. The van der Waals surface area contributed by atoms with Crippen molar-refractivity contribution in [2.75, 3.05) is 13.2 Å². The van der Waals surface area contributed by atoms with Gasteiger partial charge in [-0.25, -0.2) is 14.4 Å². The Bertz CT molecular complexity index is 1550. The van der Waals surface area contributed by atoms with Gasteiger partial charge in [0.05, 0.1) is 6.42 Å². The van der Waals surface area contributed by atoms with Crippen LogP contribution in [0.15, 0.2) is 104 Å². The van der Waals surface area contributed by atoms with Crippen LogP contribution in [0.1, 0.15) is 44.1 Å². The van der Waals surface area contributed by atoms with E-state index in [0.29, 0.717) is 17.2 Å². The molecule has 0 aliphatic heterocycles. The summed E-state index contributed by atoms with van der Waals surface area (Å²) in [7, 11) is 0. The summed E-state index contributed by atoms with van der Waals surface area (Å²) in [5.41, 5.74) is 2.67. The van der Waals surface area contributed by atoms with E-state index in [2.05, 4.69) is 13.2 Å². The molecule has 3 aromatic rings. The highest BCUT2D eigenvalue weighted by molar-refractivity contribution is 5.94. The molecule has 0 amide bonds. The lowest BCUT2D eigenvalue weighted by Gasteiger charge is -2.21. The predicted molar refractivity (Wildman–Crippen MR) is 172 cm³/mol. The molecule has 0 radical (unpaired) electrons. The highest BCUT2D eigenvalue weighted by Crippen LogP contribution is 2.25. The Morgan fingerprint density at radius 1 is 0.717 bits per heavy atom. The zero-order valence-corrected chi connectivity index (χ0v) is 25.5. The van der Waals surface area contributed by atoms with Gasteiger partial charge in [0.1, 0.15) is 36.6 Å². The first-order valence-electron chi connectivity index (χ1n) is 15.0. The Hall–Kier alpha value is -5.44. The number of carbonyl (C=O) groups excluding carboxylic acids is 4. The molecule has 1 aliphatic carbocycles. The van der Waals surface area contributed by atoms with Crippen molar-refractivity contribution in [2.24, 2.45) is 0 Å². The summed E-state index contributed by atoms with van der Waals surface area (Å²) in [5.74, 6) is -0.961. The third kappa shape index (κ3) is 10.9. The second-order valence-electron chi connectivity index (χ2n) is 10.5. The van der Waals surface area contributed by atoms with Crippen molar-refractivity contribution in [2.45, 2.75) is 44.6 Å². The van der Waals surface area contributed by atoms with Gasteiger partial charge in [-0.1, -0.05) is 56.0 Å². The second kappa shape index (κ2) is 17.2. The summed E-state index contributed by atoms with van der Waals surface area (Å²) in [6.07, 6.45) is 8.75. The zero-order valence-electron chi connectivity index (χ0n) is 25.5. The fourth-order valence-corrected chi connectivity index (χ4v) is 4.62. The Kier molecular flexibility index (Phi) is 12.5. The molecule has 4 rings (SSSR count). The van der Waals surface area contributed by atoms with Gasteiger partial charge < -0.3 is 23.7 Å². The van der Waals surface area contributed by atoms with Gasteiger partial charge in [-0.15, -0.1) is 0 Å². The van der Waals surface area contributed by atoms with Gasteiger partial charge in [-0.2, -0.15) is 0 Å². The van der Waals surface area contributed by atoms with Crippen molar-refractivity contribution in [3.05, 3.63) is 109 Å². The van der Waals surface area contributed by atoms with E-state index in [1.54, 1.807) is 42.5 Å². The minimum atomic E-state index is -0.672. The number of hydrogen-bond acceptors (Lipinski definition) is 9. The van der Waals surface area contributed by atoms with E-state index in [4.69, 9.17) is 23.7 Å². The summed E-state index contributed by atoms with van der Waals surface area (Å²) in [6, 6.07) is 21.0. The van der Waals surface area contributed by atoms with Crippen molar-refractivity contribution in [1.82, 2.24) is 0 Å². The van der Waals surface area contributed by atoms with Gasteiger partial charge in [0, 0.05) is 17.7 Å². The topological polar surface area (TPSA) is 114 Å². The average molecular weight is 625 g/mol. The van der Waals surface area contributed by atoms with Crippen LogP contribution in [0.25, 0.3) is 17.2 Å². The average Bonchev–Trinajstić information content (AvgIpc) is 3.07. The maximum absolute atomic E-state index is 12.4. The smallest absolute Gasteiger partial charge is 0.339 e. The highest BCUT2D eigenvalue weighted by Gasteiger charge is 2.20. The first-order chi connectivity index (χ1) is 22.3. The van der Waals surface area contributed by atoms with E-state index in [1.165, 1.54) is 6.08 Å². The van der Waals surface area contributed by atoms with E-state index in [0.717, 1.165) is 54.9 Å². The van der Waals surface area contributed by atoms with Crippen molar-refractivity contribution >= 4 is 30.0 Å². The SMILES string of the molecule is C=CC(=O)OCCOc1ccc(OC(=O)/C=C/c2ccc(-c3ccc(OC(=O)C(=C)CC(=O)OC4CCCCC4)cc3)cc2)cc1. The molecule has 1 aliphatic rings. The number of benzene rings is 3. The second-order valence-corrected chi connectivity index (χ2v) is 10.5. The van der Waals surface area contributed by atoms with Crippen LogP contribution in [0.3, 0.4) is 0 Å². The van der Waals surface area contributed by atoms with Gasteiger partial charge >= 0.3 is 23.9 Å². The first-order valence-corrected chi connectivity index (χ1v) is 15.0. The monoisotopic (exact) mass is 624 g/mol. The van der Waals surface area contributed by atoms with E-state index >= 15 is 0 Å². The number of ether oxygens (including phenoxy) is 5. The van der Waals surface area contributed by atoms with Crippen LogP contribution in [0, 0.1) is 0 Å². The fourth-order valence-electron chi connectivity index (χ4n) is 4.62. The molecule has 0 aromatic heterocycles. The first kappa shape index (κ1) is 33.5. The number of rotatable bonds is 14. The summed E-state index contributed by atoms with van der Waals surface area (Å²) in [4.78, 5) is 47.9. The Morgan fingerprint density at radius 3 is 1.96 bits per heavy atom. The largest absolute Gasteiger partial charge is 0.490 e. The standard InChI is InChI=1S/C37H36O9/c1-3-34(38)43-24-23-42-30-18-20-32(21-19-30)44-35(39)22-11-27-9-12-28(13-10-27)29-14-16-33(17-15-29)46-37(41)26(2)25-36(40)45-31-7-5-4-6-8-31/h3,9-22,31H,1-2,4-8,23-25H2/b22-11+. The van der Waals surface area contributed by atoms with Gasteiger partial charge in [-0.3, -0.25) is 4.79 Å². The lowest BCUT2D eigenvalue weighted by Crippen LogP contribution is -2.22. The molecule has 0 saturated heterocycles. The van der Waals surface area contributed by atoms with E-state index < -0.39 is 23.9 Å². The normalized spacial score (nSPS) is 13.0. The molecule has 0 spiro atoms. The van der Waals surface area contributed by atoms with Gasteiger partial charge in [0.2, 0.25) is 0 Å². The molecule has 0 heterocycles. The third-order valence-corrected chi connectivity index (χ3v) is 7.02. The van der Waals surface area contributed by atoms with Crippen LogP contribution in [-0.2, 0) is 28.7 Å². The van der Waals surface area contributed by atoms with Crippen LogP contribution < -0.4 is 14.2 Å². The van der Waals surface area contributed by atoms with Crippen molar-refractivity contribution < 1.29 is 42.9 Å².